The third-order valence-corrected chi connectivity index (χ3v) is 2.92. The van der Waals surface area contributed by atoms with Gasteiger partial charge in [0, 0.05) is 6.54 Å². The van der Waals surface area contributed by atoms with E-state index in [0.29, 0.717) is 24.5 Å². The summed E-state index contributed by atoms with van der Waals surface area (Å²) in [6, 6.07) is 0.386. The maximum atomic E-state index is 5.24. The molecule has 18 heavy (non-hydrogen) atoms. The Morgan fingerprint density at radius 2 is 2.11 bits per heavy atom. The van der Waals surface area contributed by atoms with E-state index >= 15 is 0 Å². The second-order valence-electron chi connectivity index (χ2n) is 4.32. The average molecular weight is 252 g/mol. The first-order valence-electron chi connectivity index (χ1n) is 6.85. The summed E-state index contributed by atoms with van der Waals surface area (Å²) in [5, 5.41) is 3.26. The first-order valence-corrected chi connectivity index (χ1v) is 6.85. The molecule has 1 N–H and O–H groups in total. The van der Waals surface area contributed by atoms with Crippen molar-refractivity contribution in [1.82, 2.24) is 15.0 Å². The van der Waals surface area contributed by atoms with Crippen LogP contribution in [0, 0.1) is 5.92 Å². The van der Waals surface area contributed by atoms with Gasteiger partial charge in [-0.2, -0.15) is 9.97 Å². The van der Waals surface area contributed by atoms with Crippen LogP contribution in [0.2, 0.25) is 0 Å². The lowest BCUT2D eigenvalue weighted by Gasteiger charge is -2.15. The van der Waals surface area contributed by atoms with Crippen LogP contribution in [-0.4, -0.2) is 28.1 Å². The van der Waals surface area contributed by atoms with Crippen LogP contribution >= 0.6 is 0 Å². The summed E-state index contributed by atoms with van der Waals surface area (Å²) >= 11 is 0. The highest BCUT2D eigenvalue weighted by Gasteiger charge is 2.07. The molecule has 1 aromatic rings. The first-order chi connectivity index (χ1) is 8.80. The van der Waals surface area contributed by atoms with Crippen LogP contribution in [0.5, 0.6) is 6.01 Å². The molecule has 0 saturated carbocycles. The minimum atomic E-state index is 0.386. The number of nitrogens with one attached hydrogen (secondary N) is 1. The molecule has 102 valence electrons. The van der Waals surface area contributed by atoms with E-state index in [4.69, 9.17) is 4.74 Å². The maximum Gasteiger partial charge on any atom is 0.321 e. The van der Waals surface area contributed by atoms with Gasteiger partial charge in [0.05, 0.1) is 6.61 Å². The van der Waals surface area contributed by atoms with Crippen LogP contribution < -0.4 is 10.1 Å². The number of hydrogen-bond donors (Lipinski definition) is 1. The van der Waals surface area contributed by atoms with Crippen molar-refractivity contribution in [3.8, 4) is 6.01 Å². The van der Waals surface area contributed by atoms with Crippen molar-refractivity contribution in [2.75, 3.05) is 18.5 Å². The van der Waals surface area contributed by atoms with Gasteiger partial charge in [0.25, 0.3) is 0 Å². The van der Waals surface area contributed by atoms with Crippen LogP contribution in [0.1, 0.15) is 46.5 Å². The molecule has 0 aliphatic carbocycles. The van der Waals surface area contributed by atoms with Gasteiger partial charge in [0.15, 0.2) is 0 Å². The van der Waals surface area contributed by atoms with Crippen LogP contribution in [0.15, 0.2) is 6.33 Å². The summed E-state index contributed by atoms with van der Waals surface area (Å²) in [7, 11) is 0. The zero-order chi connectivity index (χ0) is 13.2. The van der Waals surface area contributed by atoms with Crippen LogP contribution in [0.25, 0.3) is 0 Å². The molecule has 1 heterocycles. The molecule has 5 nitrogen and oxygen atoms in total. The summed E-state index contributed by atoms with van der Waals surface area (Å²) in [4.78, 5) is 12.2. The van der Waals surface area contributed by atoms with E-state index in [9.17, 15) is 0 Å². The summed E-state index contributed by atoms with van der Waals surface area (Å²) < 4.78 is 5.24. The predicted octanol–water partition coefficient (Wildman–Crippen LogP) is 2.90. The van der Waals surface area contributed by atoms with Crippen LogP contribution in [0.4, 0.5) is 5.95 Å². The number of aromatic nitrogens is 3. The Kier molecular flexibility index (Phi) is 7.06. The first kappa shape index (κ1) is 14.7. The molecule has 1 unspecified atom stereocenters. The van der Waals surface area contributed by atoms with Gasteiger partial charge in [-0.05, 0) is 19.3 Å². The van der Waals surface area contributed by atoms with Gasteiger partial charge in [-0.15, -0.1) is 0 Å². The normalized spacial score (nSPS) is 12.2. The van der Waals surface area contributed by atoms with E-state index in [-0.39, 0.29) is 0 Å². The van der Waals surface area contributed by atoms with Crippen LogP contribution in [0.3, 0.4) is 0 Å². The molecule has 0 fully saturated rings. The van der Waals surface area contributed by atoms with Crippen molar-refractivity contribution in [1.29, 1.82) is 0 Å². The fourth-order valence-electron chi connectivity index (χ4n) is 1.74. The molecule has 0 bridgehead atoms. The summed E-state index contributed by atoms with van der Waals surface area (Å²) in [6.07, 6.45) is 6.44. The highest BCUT2D eigenvalue weighted by Crippen LogP contribution is 2.13. The van der Waals surface area contributed by atoms with Crippen molar-refractivity contribution in [3.63, 3.8) is 0 Å². The maximum absolute atomic E-state index is 5.24. The Labute approximate surface area is 109 Å². The monoisotopic (exact) mass is 252 g/mol. The second kappa shape index (κ2) is 8.66. The highest BCUT2D eigenvalue weighted by atomic mass is 16.5. The summed E-state index contributed by atoms with van der Waals surface area (Å²) in [5.41, 5.74) is 0. The third-order valence-electron chi connectivity index (χ3n) is 2.92. The number of unbranched alkanes of at least 4 members (excludes halogenated alkanes) is 1. The van der Waals surface area contributed by atoms with Gasteiger partial charge < -0.3 is 10.1 Å². The zero-order valence-corrected chi connectivity index (χ0v) is 11.6. The Balaban J connectivity index is 2.43. The lowest BCUT2D eigenvalue weighted by molar-refractivity contribution is 0.311. The molecule has 1 aromatic heterocycles. The Bertz CT molecular complexity index is 333. The van der Waals surface area contributed by atoms with Crippen molar-refractivity contribution in [3.05, 3.63) is 6.33 Å². The Hall–Kier alpha value is -1.39. The van der Waals surface area contributed by atoms with Crippen molar-refractivity contribution < 1.29 is 4.74 Å². The van der Waals surface area contributed by atoms with E-state index in [2.05, 4.69) is 34.1 Å². The highest BCUT2D eigenvalue weighted by molar-refractivity contribution is 5.23. The fourth-order valence-corrected chi connectivity index (χ4v) is 1.74. The molecular formula is C13H24N4O. The standard InChI is InChI=1S/C13H24N4O/c1-4-7-8-11(5-2)9-14-12-15-10-16-13(17-12)18-6-3/h10-11H,4-9H2,1-3H3,(H,14,15,16,17). The molecule has 1 atom stereocenters. The van der Waals surface area contributed by atoms with E-state index < -0.39 is 0 Å². The average Bonchev–Trinajstić information content (AvgIpc) is 2.40. The van der Waals surface area contributed by atoms with Gasteiger partial charge in [-0.3, -0.25) is 0 Å². The summed E-state index contributed by atoms with van der Waals surface area (Å²) in [6.45, 7) is 7.83. The molecule has 1 rings (SSSR count). The molecule has 0 saturated heterocycles. The smallest absolute Gasteiger partial charge is 0.321 e. The third kappa shape index (κ3) is 5.29. The van der Waals surface area contributed by atoms with Crippen molar-refractivity contribution >= 4 is 5.95 Å². The minimum absolute atomic E-state index is 0.386. The minimum Gasteiger partial charge on any atom is -0.464 e. The lowest BCUT2D eigenvalue weighted by atomic mass is 9.99. The molecule has 0 aliphatic heterocycles. The Morgan fingerprint density at radius 3 is 2.78 bits per heavy atom. The van der Waals surface area contributed by atoms with E-state index in [1.165, 1.54) is 32.0 Å². The second-order valence-corrected chi connectivity index (χ2v) is 4.32. The lowest BCUT2D eigenvalue weighted by Crippen LogP contribution is -2.15. The van der Waals surface area contributed by atoms with Gasteiger partial charge >= 0.3 is 6.01 Å². The van der Waals surface area contributed by atoms with Gasteiger partial charge in [0.2, 0.25) is 5.95 Å². The van der Waals surface area contributed by atoms with Crippen molar-refractivity contribution in [2.24, 2.45) is 5.92 Å². The molecule has 0 aromatic carbocycles. The quantitative estimate of drug-likeness (QED) is 0.732. The molecular weight excluding hydrogens is 228 g/mol. The molecule has 0 spiro atoms. The molecule has 0 amide bonds. The molecule has 0 radical (unpaired) electrons. The predicted molar refractivity (Wildman–Crippen MR) is 72.8 cm³/mol. The molecule has 0 aliphatic rings. The van der Waals surface area contributed by atoms with Gasteiger partial charge in [0.1, 0.15) is 6.33 Å². The van der Waals surface area contributed by atoms with Gasteiger partial charge in [-0.25, -0.2) is 4.98 Å². The number of ether oxygens (including phenoxy) is 1. The van der Waals surface area contributed by atoms with E-state index in [1.54, 1.807) is 0 Å². The number of hydrogen-bond acceptors (Lipinski definition) is 5. The fraction of sp³-hybridized carbons (Fsp3) is 0.769. The zero-order valence-electron chi connectivity index (χ0n) is 11.6. The van der Waals surface area contributed by atoms with Gasteiger partial charge in [-0.1, -0.05) is 33.1 Å². The molecule has 5 heteroatoms. The summed E-state index contributed by atoms with van der Waals surface area (Å²) in [5.74, 6) is 1.28. The SMILES string of the molecule is CCCCC(CC)CNc1ncnc(OCC)n1. The topological polar surface area (TPSA) is 59.9 Å². The van der Waals surface area contributed by atoms with E-state index in [0.717, 1.165) is 6.54 Å². The number of rotatable bonds is 9. The largest absolute Gasteiger partial charge is 0.464 e. The van der Waals surface area contributed by atoms with Crippen molar-refractivity contribution in [2.45, 2.75) is 46.5 Å². The number of anilines is 1. The van der Waals surface area contributed by atoms with E-state index in [1.807, 2.05) is 6.92 Å². The van der Waals surface area contributed by atoms with Crippen LogP contribution in [-0.2, 0) is 0 Å². The number of nitrogens with zero attached hydrogens (tertiary/aromatic N) is 3. The Morgan fingerprint density at radius 1 is 1.28 bits per heavy atom.